The molecule has 2 aromatic carbocycles. The lowest BCUT2D eigenvalue weighted by Crippen LogP contribution is -2.57. The van der Waals surface area contributed by atoms with Crippen molar-refractivity contribution in [3.8, 4) is 22.8 Å². The van der Waals surface area contributed by atoms with Gasteiger partial charge in [0.2, 0.25) is 11.8 Å². The Morgan fingerprint density at radius 1 is 1.05 bits per heavy atom. The molecule has 10 heteroatoms. The van der Waals surface area contributed by atoms with Crippen molar-refractivity contribution in [1.29, 1.82) is 0 Å². The smallest absolute Gasteiger partial charge is 0.407 e. The van der Waals surface area contributed by atoms with Crippen LogP contribution in [-0.2, 0) is 14.3 Å². The van der Waals surface area contributed by atoms with E-state index in [1.165, 1.54) is 4.90 Å². The number of alkyl carbamates (subject to hydrolysis) is 1. The molecule has 2 aliphatic rings. The van der Waals surface area contributed by atoms with Crippen LogP contribution in [-0.4, -0.2) is 70.9 Å². The number of pyridine rings is 1. The predicted molar refractivity (Wildman–Crippen MR) is 156 cm³/mol. The maximum Gasteiger partial charge on any atom is 0.407 e. The second kappa shape index (κ2) is 11.2. The van der Waals surface area contributed by atoms with Crippen molar-refractivity contribution in [3.05, 3.63) is 54.6 Å². The van der Waals surface area contributed by atoms with Gasteiger partial charge in [-0.2, -0.15) is 0 Å². The highest BCUT2D eigenvalue weighted by Crippen LogP contribution is 2.36. The van der Waals surface area contributed by atoms with Gasteiger partial charge in [-0.05, 0) is 35.2 Å². The molecule has 5 rings (SSSR count). The summed E-state index contributed by atoms with van der Waals surface area (Å²) in [6, 6.07) is 15.1. The first-order chi connectivity index (χ1) is 19.8. The summed E-state index contributed by atoms with van der Waals surface area (Å²) < 4.78 is 18.1. The number of aliphatic carboxylic acids is 1. The number of benzene rings is 2. The minimum Gasteiger partial charge on any atom is -0.493 e. The average Bonchev–Trinajstić information content (AvgIpc) is 3.36. The first-order valence-electron chi connectivity index (χ1n) is 14.1. The first-order valence-corrected chi connectivity index (χ1v) is 14.1. The monoisotopic (exact) mass is 575 g/mol. The zero-order valence-electron chi connectivity index (χ0n) is 24.5. The minimum atomic E-state index is -1.14. The van der Waals surface area contributed by atoms with Crippen LogP contribution < -0.4 is 14.8 Å². The third-order valence-electron chi connectivity index (χ3n) is 7.54. The fourth-order valence-corrected chi connectivity index (χ4v) is 5.22. The third-order valence-corrected chi connectivity index (χ3v) is 7.54. The lowest BCUT2D eigenvalue weighted by molar-refractivity contribution is -0.150. The second-order valence-corrected chi connectivity index (χ2v) is 12.9. The summed E-state index contributed by atoms with van der Waals surface area (Å²) >= 11 is 0. The van der Waals surface area contributed by atoms with E-state index >= 15 is 0 Å². The summed E-state index contributed by atoms with van der Waals surface area (Å²) in [7, 11) is 0. The standard InChI is InChI=1S/C32H37N3O7/c1-31(2,3)26-28(36)35-16-22(15-25(35)29(37)38)42-27-23(14-20-9-6-7-12-24(20)33-27)19-10-8-11-21(13-19)40-17-32(4,5)18-41-30(39)34-26/h6-14,22,25-26H,15-18H2,1-5H3,(H,34,39)(H,37,38). The number of para-hydroxylation sites is 1. The molecule has 0 aliphatic carbocycles. The number of nitrogens with zero attached hydrogens (tertiary/aromatic N) is 2. The zero-order chi connectivity index (χ0) is 30.2. The highest BCUT2D eigenvalue weighted by molar-refractivity contribution is 5.91. The van der Waals surface area contributed by atoms with Gasteiger partial charge in [0.15, 0.2) is 0 Å². The molecule has 2 aliphatic heterocycles. The Kier molecular flexibility index (Phi) is 7.74. The van der Waals surface area contributed by atoms with Crippen LogP contribution in [0.25, 0.3) is 22.0 Å². The summed E-state index contributed by atoms with van der Waals surface area (Å²) in [6.07, 6.45) is -1.34. The zero-order valence-corrected chi connectivity index (χ0v) is 24.5. The molecular weight excluding hydrogens is 538 g/mol. The Hall–Kier alpha value is -4.34. The lowest BCUT2D eigenvalue weighted by atomic mass is 9.85. The number of nitrogens with one attached hydrogen (secondary N) is 1. The van der Waals surface area contributed by atoms with E-state index in [1.807, 2.05) is 68.4 Å². The number of aromatic nitrogens is 1. The van der Waals surface area contributed by atoms with Crippen LogP contribution in [0.15, 0.2) is 54.6 Å². The molecular formula is C32H37N3O7. The number of carbonyl (C=O) groups excluding carboxylic acids is 2. The van der Waals surface area contributed by atoms with Crippen molar-refractivity contribution >= 4 is 28.9 Å². The molecule has 2 N–H and O–H groups in total. The summed E-state index contributed by atoms with van der Waals surface area (Å²) in [5.41, 5.74) is 0.981. The van der Waals surface area contributed by atoms with Crippen molar-refractivity contribution in [2.24, 2.45) is 10.8 Å². The largest absolute Gasteiger partial charge is 0.493 e. The molecule has 0 spiro atoms. The predicted octanol–water partition coefficient (Wildman–Crippen LogP) is 4.89. The molecule has 1 saturated heterocycles. The number of hydrogen-bond acceptors (Lipinski definition) is 7. The number of cyclic esters (lactones) is 1. The summed E-state index contributed by atoms with van der Waals surface area (Å²) in [5, 5.41) is 13.7. The maximum absolute atomic E-state index is 13.9. The maximum atomic E-state index is 13.9. The number of carbonyl (C=O) groups is 3. The Bertz CT molecular complexity index is 1510. The average molecular weight is 576 g/mol. The Morgan fingerprint density at radius 3 is 2.52 bits per heavy atom. The molecule has 3 aromatic rings. The number of carboxylic acids is 1. The van der Waals surface area contributed by atoms with Crippen molar-refractivity contribution in [3.63, 3.8) is 0 Å². The van der Waals surface area contributed by atoms with Crippen molar-refractivity contribution in [1.82, 2.24) is 15.2 Å². The van der Waals surface area contributed by atoms with Gasteiger partial charge < -0.3 is 29.5 Å². The van der Waals surface area contributed by atoms with Gasteiger partial charge in [0.05, 0.1) is 18.7 Å². The van der Waals surface area contributed by atoms with Crippen molar-refractivity contribution < 1.29 is 33.7 Å². The molecule has 3 unspecified atom stereocenters. The quantitative estimate of drug-likeness (QED) is 0.420. The highest BCUT2D eigenvalue weighted by atomic mass is 16.6. The van der Waals surface area contributed by atoms with Gasteiger partial charge in [-0.3, -0.25) is 4.79 Å². The van der Waals surface area contributed by atoms with Crippen molar-refractivity contribution in [2.75, 3.05) is 19.8 Å². The Morgan fingerprint density at radius 2 is 1.79 bits per heavy atom. The van der Waals surface area contributed by atoms with E-state index in [4.69, 9.17) is 19.2 Å². The Labute approximate surface area is 245 Å². The topological polar surface area (TPSA) is 127 Å². The molecule has 4 bridgehead atoms. The fourth-order valence-electron chi connectivity index (χ4n) is 5.22. The number of carboxylic acid groups (broad SMARTS) is 1. The van der Waals surface area contributed by atoms with Crippen molar-refractivity contribution in [2.45, 2.75) is 59.2 Å². The highest BCUT2D eigenvalue weighted by Gasteiger charge is 2.46. The normalized spacial score (nSPS) is 23.0. The van der Waals surface area contributed by atoms with Gasteiger partial charge in [-0.1, -0.05) is 65.0 Å². The molecule has 42 heavy (non-hydrogen) atoms. The summed E-state index contributed by atoms with van der Waals surface area (Å²) in [6.45, 7) is 9.56. The Balaban J connectivity index is 1.60. The molecule has 0 saturated carbocycles. The van der Waals surface area contributed by atoms with E-state index in [9.17, 15) is 19.5 Å². The van der Waals surface area contributed by atoms with E-state index in [0.717, 1.165) is 22.0 Å². The van der Waals surface area contributed by atoms with E-state index in [1.54, 1.807) is 20.8 Å². The second-order valence-electron chi connectivity index (χ2n) is 12.9. The molecule has 3 heterocycles. The van der Waals surface area contributed by atoms with E-state index in [0.29, 0.717) is 11.6 Å². The molecule has 1 aromatic heterocycles. The minimum absolute atomic E-state index is 0.0171. The molecule has 10 nitrogen and oxygen atoms in total. The van der Waals surface area contributed by atoms with E-state index in [2.05, 4.69) is 5.32 Å². The fraction of sp³-hybridized carbons (Fsp3) is 0.438. The van der Waals surface area contributed by atoms with Crippen LogP contribution in [0, 0.1) is 10.8 Å². The molecule has 222 valence electrons. The number of rotatable bonds is 1. The van der Waals surface area contributed by atoms with Crippen LogP contribution in [0.5, 0.6) is 11.6 Å². The molecule has 2 amide bonds. The molecule has 1 fully saturated rings. The van der Waals surface area contributed by atoms with Gasteiger partial charge in [-0.25, -0.2) is 14.6 Å². The summed E-state index contributed by atoms with van der Waals surface area (Å²) in [5.74, 6) is -0.693. The van der Waals surface area contributed by atoms with Crippen LogP contribution in [0.4, 0.5) is 4.79 Å². The number of amides is 2. The lowest BCUT2D eigenvalue weighted by Gasteiger charge is -2.34. The molecule has 3 atom stereocenters. The van der Waals surface area contributed by atoms with Crippen LogP contribution in [0.2, 0.25) is 0 Å². The van der Waals surface area contributed by atoms with Gasteiger partial charge in [0, 0.05) is 22.8 Å². The first kappa shape index (κ1) is 29.2. The van der Waals surface area contributed by atoms with Crippen LogP contribution in [0.1, 0.15) is 41.0 Å². The SMILES string of the molecule is CC1(C)COC(=O)NC(C(C)(C)C)C(=O)N2CC(CC2C(=O)O)Oc2nc3ccccc3cc2-c2cccc(c2)OC1. The third kappa shape index (κ3) is 6.27. The van der Waals surface area contributed by atoms with Gasteiger partial charge in [0.1, 0.15) is 30.5 Å². The van der Waals surface area contributed by atoms with E-state index in [-0.39, 0.29) is 26.2 Å². The van der Waals surface area contributed by atoms with Gasteiger partial charge >= 0.3 is 12.1 Å². The number of fused-ring (bicyclic) bond motifs is 7. The number of hydrogen-bond donors (Lipinski definition) is 2. The van der Waals surface area contributed by atoms with Crippen LogP contribution >= 0.6 is 0 Å². The molecule has 0 radical (unpaired) electrons. The van der Waals surface area contributed by atoms with E-state index < -0.39 is 47.0 Å². The number of ether oxygens (including phenoxy) is 3. The van der Waals surface area contributed by atoms with Gasteiger partial charge in [-0.15, -0.1) is 0 Å². The van der Waals surface area contributed by atoms with Gasteiger partial charge in [0.25, 0.3) is 0 Å². The van der Waals surface area contributed by atoms with Crippen LogP contribution in [0.3, 0.4) is 0 Å². The summed E-state index contributed by atoms with van der Waals surface area (Å²) in [4.78, 5) is 45.2.